The maximum Gasteiger partial charge on any atom is 0.179 e. The monoisotopic (exact) mass is 206 g/mol. The number of hydrogen-bond donors (Lipinski definition) is 0. The van der Waals surface area contributed by atoms with E-state index >= 15 is 0 Å². The standard InChI is InChI=1S/C13H18O2/c1-8-3-4-10-12(2)9(8)7-11(12)13(10)14-5-6-15-13/h7-8,10-11H,3-6H2,1-2H3/t8-,10+,11-,12-/m1/s1. The second-order valence-corrected chi connectivity index (χ2v) is 5.83. The molecule has 0 radical (unpaired) electrons. The summed E-state index contributed by atoms with van der Waals surface area (Å²) < 4.78 is 11.9. The fourth-order valence-electron chi connectivity index (χ4n) is 4.70. The van der Waals surface area contributed by atoms with Crippen LogP contribution in [-0.4, -0.2) is 19.0 Å². The van der Waals surface area contributed by atoms with E-state index in [1.54, 1.807) is 5.57 Å². The number of hydrogen-bond acceptors (Lipinski definition) is 2. The minimum absolute atomic E-state index is 0.196. The van der Waals surface area contributed by atoms with Crippen molar-refractivity contribution in [2.45, 2.75) is 32.5 Å². The van der Waals surface area contributed by atoms with Crippen molar-refractivity contribution in [1.29, 1.82) is 0 Å². The topological polar surface area (TPSA) is 18.5 Å². The lowest BCUT2D eigenvalue weighted by molar-refractivity contribution is -0.349. The zero-order valence-electron chi connectivity index (χ0n) is 9.45. The van der Waals surface area contributed by atoms with Gasteiger partial charge < -0.3 is 9.47 Å². The fourth-order valence-corrected chi connectivity index (χ4v) is 4.70. The van der Waals surface area contributed by atoms with Crippen molar-refractivity contribution in [1.82, 2.24) is 0 Å². The zero-order chi connectivity index (χ0) is 10.3. The Bertz CT molecular complexity index is 354. The third kappa shape index (κ3) is 0.696. The van der Waals surface area contributed by atoms with E-state index in [1.165, 1.54) is 12.8 Å². The minimum Gasteiger partial charge on any atom is -0.347 e. The molecule has 2 saturated carbocycles. The number of ether oxygens (including phenoxy) is 2. The molecule has 0 aromatic carbocycles. The van der Waals surface area contributed by atoms with Gasteiger partial charge in [-0.2, -0.15) is 0 Å². The molecule has 4 atom stereocenters. The molecular weight excluding hydrogens is 188 g/mol. The molecule has 1 saturated heterocycles. The first-order chi connectivity index (χ1) is 7.19. The number of fused-ring (bicyclic) bond motifs is 2. The summed E-state index contributed by atoms with van der Waals surface area (Å²) in [5, 5.41) is 0. The highest BCUT2D eigenvalue weighted by Crippen LogP contribution is 2.75. The van der Waals surface area contributed by atoms with E-state index in [-0.39, 0.29) is 5.79 Å². The van der Waals surface area contributed by atoms with E-state index in [2.05, 4.69) is 19.9 Å². The molecule has 0 aromatic rings. The lowest BCUT2D eigenvalue weighted by Gasteiger charge is -2.72. The van der Waals surface area contributed by atoms with Gasteiger partial charge >= 0.3 is 0 Å². The van der Waals surface area contributed by atoms with Crippen LogP contribution in [-0.2, 0) is 9.47 Å². The molecule has 3 aliphatic carbocycles. The largest absolute Gasteiger partial charge is 0.347 e. The third-order valence-electron chi connectivity index (χ3n) is 5.42. The van der Waals surface area contributed by atoms with Crippen molar-refractivity contribution in [2.24, 2.45) is 23.2 Å². The van der Waals surface area contributed by atoms with Gasteiger partial charge in [-0.25, -0.2) is 0 Å². The predicted molar refractivity (Wildman–Crippen MR) is 56.2 cm³/mol. The van der Waals surface area contributed by atoms with Gasteiger partial charge in [-0.1, -0.05) is 25.5 Å². The summed E-state index contributed by atoms with van der Waals surface area (Å²) in [6.45, 7) is 6.37. The van der Waals surface area contributed by atoms with Crippen molar-refractivity contribution in [2.75, 3.05) is 13.2 Å². The summed E-state index contributed by atoms with van der Waals surface area (Å²) in [6.07, 6.45) is 5.03. The van der Waals surface area contributed by atoms with Crippen molar-refractivity contribution in [3.8, 4) is 0 Å². The molecule has 1 aliphatic heterocycles. The maximum atomic E-state index is 5.93. The predicted octanol–water partition coefficient (Wildman–Crippen LogP) is 2.35. The summed E-state index contributed by atoms with van der Waals surface area (Å²) in [5.41, 5.74) is 2.12. The van der Waals surface area contributed by atoms with Crippen molar-refractivity contribution in [3.05, 3.63) is 11.6 Å². The number of allylic oxidation sites excluding steroid dienone is 1. The molecule has 15 heavy (non-hydrogen) atoms. The molecule has 2 nitrogen and oxygen atoms in total. The van der Waals surface area contributed by atoms with Crippen LogP contribution in [0.25, 0.3) is 0 Å². The zero-order valence-corrected chi connectivity index (χ0v) is 9.45. The smallest absolute Gasteiger partial charge is 0.179 e. The van der Waals surface area contributed by atoms with Crippen LogP contribution in [0.15, 0.2) is 11.6 Å². The van der Waals surface area contributed by atoms with Crippen molar-refractivity contribution < 1.29 is 9.47 Å². The Morgan fingerprint density at radius 3 is 2.73 bits per heavy atom. The summed E-state index contributed by atoms with van der Waals surface area (Å²) in [4.78, 5) is 0. The van der Waals surface area contributed by atoms with Gasteiger partial charge in [0, 0.05) is 17.3 Å². The summed E-state index contributed by atoms with van der Waals surface area (Å²) in [6, 6.07) is 0. The molecule has 2 heteroatoms. The normalized spacial score (nSPS) is 54.3. The molecule has 0 aromatic heterocycles. The molecule has 4 rings (SSSR count). The van der Waals surface area contributed by atoms with Gasteiger partial charge in [0.2, 0.25) is 0 Å². The Morgan fingerprint density at radius 2 is 2.00 bits per heavy atom. The van der Waals surface area contributed by atoms with E-state index in [1.807, 2.05) is 0 Å². The third-order valence-corrected chi connectivity index (χ3v) is 5.42. The highest BCUT2D eigenvalue weighted by Gasteiger charge is 2.77. The Morgan fingerprint density at radius 1 is 1.27 bits per heavy atom. The Balaban J connectivity index is 1.79. The number of rotatable bonds is 0. The van der Waals surface area contributed by atoms with E-state index in [9.17, 15) is 0 Å². The molecule has 82 valence electrons. The van der Waals surface area contributed by atoms with Crippen LogP contribution in [0.1, 0.15) is 26.7 Å². The lowest BCUT2D eigenvalue weighted by Crippen LogP contribution is -2.74. The molecule has 0 unspecified atom stereocenters. The van der Waals surface area contributed by atoms with Gasteiger partial charge in [0.05, 0.1) is 13.2 Å². The van der Waals surface area contributed by atoms with E-state index in [0.29, 0.717) is 17.3 Å². The van der Waals surface area contributed by atoms with Gasteiger partial charge in [-0.05, 0) is 18.8 Å². The highest BCUT2D eigenvalue weighted by molar-refractivity contribution is 5.44. The van der Waals surface area contributed by atoms with Gasteiger partial charge in [-0.15, -0.1) is 0 Å². The molecular formula is C13H18O2. The second kappa shape index (κ2) is 2.33. The van der Waals surface area contributed by atoms with Crippen LogP contribution in [0, 0.1) is 23.2 Å². The quantitative estimate of drug-likeness (QED) is 0.566. The minimum atomic E-state index is -0.196. The summed E-state index contributed by atoms with van der Waals surface area (Å²) in [7, 11) is 0. The first-order valence-electron chi connectivity index (χ1n) is 6.19. The van der Waals surface area contributed by atoms with Crippen LogP contribution < -0.4 is 0 Å². The molecule has 0 N–H and O–H groups in total. The average molecular weight is 206 g/mol. The van der Waals surface area contributed by atoms with Gasteiger partial charge in [0.25, 0.3) is 0 Å². The van der Waals surface area contributed by atoms with Crippen LogP contribution in [0.3, 0.4) is 0 Å². The van der Waals surface area contributed by atoms with Crippen LogP contribution >= 0.6 is 0 Å². The maximum absolute atomic E-state index is 5.93. The second-order valence-electron chi connectivity index (χ2n) is 5.83. The first-order valence-corrected chi connectivity index (χ1v) is 6.19. The Kier molecular flexibility index (Phi) is 1.36. The molecule has 4 aliphatic rings. The van der Waals surface area contributed by atoms with Crippen molar-refractivity contribution in [3.63, 3.8) is 0 Å². The van der Waals surface area contributed by atoms with Gasteiger partial charge in [0.1, 0.15) is 0 Å². The van der Waals surface area contributed by atoms with Gasteiger partial charge in [0.15, 0.2) is 5.79 Å². The molecule has 0 amide bonds. The molecule has 1 spiro atoms. The SMILES string of the molecule is C[C@@H]1CC[C@@H]2C3(OCCO3)[C@@H]3C=C1[C@]23C. The summed E-state index contributed by atoms with van der Waals surface area (Å²) >= 11 is 0. The van der Waals surface area contributed by atoms with E-state index in [4.69, 9.17) is 9.47 Å². The molecule has 0 bridgehead atoms. The Labute approximate surface area is 90.6 Å². The molecule has 1 heterocycles. The highest BCUT2D eigenvalue weighted by atomic mass is 16.7. The molecule has 3 fully saturated rings. The average Bonchev–Trinajstić information content (AvgIpc) is 2.64. The Hall–Kier alpha value is -0.340. The first kappa shape index (κ1) is 8.77. The summed E-state index contributed by atoms with van der Waals surface area (Å²) in [5.74, 6) is 1.78. The fraction of sp³-hybridized carbons (Fsp3) is 0.846. The van der Waals surface area contributed by atoms with E-state index in [0.717, 1.165) is 19.1 Å². The van der Waals surface area contributed by atoms with Gasteiger partial charge in [-0.3, -0.25) is 0 Å². The van der Waals surface area contributed by atoms with E-state index < -0.39 is 0 Å². The van der Waals surface area contributed by atoms with Crippen LogP contribution in [0.2, 0.25) is 0 Å². The van der Waals surface area contributed by atoms with Crippen molar-refractivity contribution >= 4 is 0 Å². The lowest BCUT2D eigenvalue weighted by atomic mass is 9.36. The van der Waals surface area contributed by atoms with Crippen LogP contribution in [0.5, 0.6) is 0 Å². The van der Waals surface area contributed by atoms with Crippen LogP contribution in [0.4, 0.5) is 0 Å².